The van der Waals surface area contributed by atoms with E-state index in [0.717, 1.165) is 0 Å². The van der Waals surface area contributed by atoms with Gasteiger partial charge in [0.15, 0.2) is 11.6 Å². The molecule has 0 aliphatic rings. The maximum absolute atomic E-state index is 9.19. The summed E-state index contributed by atoms with van der Waals surface area (Å²) < 4.78 is 1.62. The molecular formula is C7H8N4O. The fraction of sp³-hybridized carbons (Fsp3) is 0.143. The van der Waals surface area contributed by atoms with Gasteiger partial charge in [-0.15, -0.1) is 0 Å². The quantitative estimate of drug-likeness (QED) is 0.585. The monoisotopic (exact) mass is 164 g/mol. The third-order valence-electron chi connectivity index (χ3n) is 1.61. The van der Waals surface area contributed by atoms with E-state index >= 15 is 0 Å². The summed E-state index contributed by atoms with van der Waals surface area (Å²) in [6, 6.07) is 1.50. The molecule has 0 fully saturated rings. The molecule has 0 aromatic carbocycles. The second-order valence-electron chi connectivity index (χ2n) is 2.60. The average Bonchev–Trinajstić information content (AvgIpc) is 2.30. The van der Waals surface area contributed by atoms with Crippen LogP contribution in [0.2, 0.25) is 0 Å². The third kappa shape index (κ3) is 0.868. The van der Waals surface area contributed by atoms with Crippen molar-refractivity contribution < 1.29 is 5.11 Å². The zero-order valence-electron chi connectivity index (χ0n) is 6.52. The van der Waals surface area contributed by atoms with E-state index in [4.69, 9.17) is 5.73 Å². The van der Waals surface area contributed by atoms with Crippen molar-refractivity contribution in [3.05, 3.63) is 12.3 Å². The zero-order valence-corrected chi connectivity index (χ0v) is 6.52. The van der Waals surface area contributed by atoms with Crippen molar-refractivity contribution in [1.29, 1.82) is 0 Å². The summed E-state index contributed by atoms with van der Waals surface area (Å²) in [5.74, 6) is 0.108. The molecule has 0 atom stereocenters. The fourth-order valence-corrected chi connectivity index (χ4v) is 1.07. The minimum atomic E-state index is -0.0267. The Kier molecular flexibility index (Phi) is 1.21. The summed E-state index contributed by atoms with van der Waals surface area (Å²) in [5, 5.41) is 13.2. The van der Waals surface area contributed by atoms with Gasteiger partial charge >= 0.3 is 0 Å². The van der Waals surface area contributed by atoms with E-state index in [9.17, 15) is 5.11 Å². The van der Waals surface area contributed by atoms with E-state index in [-0.39, 0.29) is 11.6 Å². The van der Waals surface area contributed by atoms with Crippen LogP contribution in [0.3, 0.4) is 0 Å². The molecule has 12 heavy (non-hydrogen) atoms. The van der Waals surface area contributed by atoms with Crippen molar-refractivity contribution in [3.8, 4) is 5.75 Å². The summed E-state index contributed by atoms with van der Waals surface area (Å²) in [5.41, 5.74) is 6.73. The van der Waals surface area contributed by atoms with Crippen LogP contribution in [0.25, 0.3) is 11.0 Å². The highest BCUT2D eigenvalue weighted by atomic mass is 16.3. The van der Waals surface area contributed by atoms with Crippen molar-refractivity contribution >= 4 is 16.9 Å². The molecule has 3 N–H and O–H groups in total. The molecule has 5 nitrogen and oxygen atoms in total. The molecule has 0 unspecified atom stereocenters. The highest BCUT2D eigenvalue weighted by molar-refractivity contribution is 5.78. The van der Waals surface area contributed by atoms with Crippen LogP contribution >= 0.6 is 0 Å². The normalized spacial score (nSPS) is 10.8. The second kappa shape index (κ2) is 2.10. The van der Waals surface area contributed by atoms with Crippen molar-refractivity contribution in [2.75, 3.05) is 5.73 Å². The lowest BCUT2D eigenvalue weighted by atomic mass is 10.3. The first kappa shape index (κ1) is 6.90. The minimum Gasteiger partial charge on any atom is -0.504 e. The maximum Gasteiger partial charge on any atom is 0.166 e. The number of pyridine rings is 1. The first-order chi connectivity index (χ1) is 5.66. The Morgan fingerprint density at radius 2 is 2.25 bits per heavy atom. The highest BCUT2D eigenvalue weighted by Gasteiger charge is 2.04. The number of rotatable bonds is 0. The van der Waals surface area contributed by atoms with Crippen molar-refractivity contribution in [2.45, 2.75) is 0 Å². The van der Waals surface area contributed by atoms with Crippen LogP contribution < -0.4 is 5.73 Å². The van der Waals surface area contributed by atoms with Crippen LogP contribution in [-0.2, 0) is 7.05 Å². The maximum atomic E-state index is 9.19. The summed E-state index contributed by atoms with van der Waals surface area (Å²) in [7, 11) is 1.79. The van der Waals surface area contributed by atoms with Crippen molar-refractivity contribution in [1.82, 2.24) is 14.8 Å². The standard InChI is InChI=1S/C7H8N4O/c1-11-3-5-4(10-11)2-6(12)7(8)9-5/h2-3,12H,1H3,(H2,8,9). The third-order valence-corrected chi connectivity index (χ3v) is 1.61. The number of nitrogen functional groups attached to an aromatic ring is 1. The Labute approximate surface area is 68.4 Å². The Hall–Kier alpha value is -1.78. The summed E-state index contributed by atoms with van der Waals surface area (Å²) in [6.45, 7) is 0. The average molecular weight is 164 g/mol. The predicted molar refractivity (Wildman–Crippen MR) is 44.6 cm³/mol. The van der Waals surface area contributed by atoms with Gasteiger partial charge in [-0.25, -0.2) is 4.98 Å². The van der Waals surface area contributed by atoms with Gasteiger partial charge in [0, 0.05) is 13.1 Å². The highest BCUT2D eigenvalue weighted by Crippen LogP contribution is 2.21. The lowest BCUT2D eigenvalue weighted by Gasteiger charge is -1.94. The number of anilines is 1. The first-order valence-corrected chi connectivity index (χ1v) is 3.45. The molecule has 2 rings (SSSR count). The van der Waals surface area contributed by atoms with Gasteiger partial charge in [0.1, 0.15) is 11.0 Å². The van der Waals surface area contributed by atoms with Crippen LogP contribution in [0, 0.1) is 0 Å². The summed E-state index contributed by atoms with van der Waals surface area (Å²) in [6.07, 6.45) is 1.74. The van der Waals surface area contributed by atoms with Crippen LogP contribution in [0.4, 0.5) is 5.82 Å². The number of aromatic nitrogens is 3. The van der Waals surface area contributed by atoms with E-state index in [1.54, 1.807) is 17.9 Å². The van der Waals surface area contributed by atoms with E-state index in [1.165, 1.54) is 6.07 Å². The Morgan fingerprint density at radius 3 is 3.00 bits per heavy atom. The van der Waals surface area contributed by atoms with E-state index in [1.807, 2.05) is 0 Å². The van der Waals surface area contributed by atoms with Gasteiger partial charge in [-0.05, 0) is 0 Å². The van der Waals surface area contributed by atoms with E-state index in [2.05, 4.69) is 10.1 Å². The van der Waals surface area contributed by atoms with Gasteiger partial charge in [-0.1, -0.05) is 0 Å². The minimum absolute atomic E-state index is 0.0267. The molecule has 2 heterocycles. The van der Waals surface area contributed by atoms with Crippen LogP contribution in [0.1, 0.15) is 0 Å². The SMILES string of the molecule is Cn1cc2nc(N)c(O)cc2n1. The molecule has 62 valence electrons. The number of fused-ring (bicyclic) bond motifs is 1. The zero-order chi connectivity index (χ0) is 8.72. The second-order valence-corrected chi connectivity index (χ2v) is 2.60. The van der Waals surface area contributed by atoms with Crippen LogP contribution in [-0.4, -0.2) is 19.9 Å². The molecule has 0 aliphatic carbocycles. The van der Waals surface area contributed by atoms with E-state index in [0.29, 0.717) is 11.0 Å². The summed E-state index contributed by atoms with van der Waals surface area (Å²) >= 11 is 0. The smallest absolute Gasteiger partial charge is 0.166 e. The number of nitrogens with zero attached hydrogens (tertiary/aromatic N) is 3. The van der Waals surface area contributed by atoms with Crippen molar-refractivity contribution in [2.24, 2.45) is 7.05 Å². The number of aryl methyl sites for hydroxylation is 1. The molecule has 2 aromatic heterocycles. The molecule has 0 saturated heterocycles. The Morgan fingerprint density at radius 1 is 1.50 bits per heavy atom. The van der Waals surface area contributed by atoms with Gasteiger partial charge in [-0.2, -0.15) is 5.10 Å². The largest absolute Gasteiger partial charge is 0.504 e. The molecule has 0 amide bonds. The summed E-state index contributed by atoms with van der Waals surface area (Å²) in [4.78, 5) is 3.94. The first-order valence-electron chi connectivity index (χ1n) is 3.45. The molecule has 0 spiro atoms. The van der Waals surface area contributed by atoms with Crippen LogP contribution in [0.15, 0.2) is 12.3 Å². The molecule has 0 saturated carbocycles. The number of nitrogens with two attached hydrogens (primary N) is 1. The molecule has 0 bridgehead atoms. The number of aromatic hydroxyl groups is 1. The topological polar surface area (TPSA) is 77.0 Å². The number of hydrogen-bond donors (Lipinski definition) is 2. The Balaban J connectivity index is 2.83. The van der Waals surface area contributed by atoms with Gasteiger partial charge in [-0.3, -0.25) is 4.68 Å². The van der Waals surface area contributed by atoms with Crippen molar-refractivity contribution in [3.63, 3.8) is 0 Å². The van der Waals surface area contributed by atoms with Gasteiger partial charge in [0.25, 0.3) is 0 Å². The lowest BCUT2D eigenvalue weighted by Crippen LogP contribution is -1.89. The Bertz CT molecular complexity index is 395. The molecular weight excluding hydrogens is 156 g/mol. The lowest BCUT2D eigenvalue weighted by molar-refractivity contribution is 0.477. The molecule has 0 radical (unpaired) electrons. The molecule has 2 aromatic rings. The molecule has 5 heteroatoms. The van der Waals surface area contributed by atoms with Crippen LogP contribution in [0.5, 0.6) is 5.75 Å². The molecule has 0 aliphatic heterocycles. The number of hydrogen-bond acceptors (Lipinski definition) is 4. The fourth-order valence-electron chi connectivity index (χ4n) is 1.07. The van der Waals surface area contributed by atoms with Gasteiger partial charge in [0.05, 0.1) is 6.20 Å². The van der Waals surface area contributed by atoms with E-state index < -0.39 is 0 Å². The van der Waals surface area contributed by atoms with Gasteiger partial charge < -0.3 is 10.8 Å². The van der Waals surface area contributed by atoms with Gasteiger partial charge in [0.2, 0.25) is 0 Å². The predicted octanol–water partition coefficient (Wildman–Crippen LogP) is 0.256.